The van der Waals surface area contributed by atoms with Gasteiger partial charge in [-0.2, -0.15) is 0 Å². The fraction of sp³-hybridized carbons (Fsp3) is 0.556. The van der Waals surface area contributed by atoms with E-state index < -0.39 is 30.2 Å². The molecule has 6 nitrogen and oxygen atoms in total. The molecule has 0 aromatic rings. The summed E-state index contributed by atoms with van der Waals surface area (Å²) in [4.78, 5) is 23.8. The number of fused-ring (bicyclic) bond motifs is 1. The topological polar surface area (TPSA) is 93.1 Å². The van der Waals surface area contributed by atoms with Crippen LogP contribution in [0, 0.1) is 17.3 Å². The van der Waals surface area contributed by atoms with Crippen molar-refractivity contribution in [1.82, 2.24) is 0 Å². The van der Waals surface area contributed by atoms with Crippen molar-refractivity contribution in [1.29, 1.82) is 0 Å². The first-order valence-electron chi connectivity index (χ1n) is 7.88. The highest BCUT2D eigenvalue weighted by molar-refractivity contribution is 5.88. The smallest absolute Gasteiger partial charge is 0.336 e. The quantitative estimate of drug-likeness (QED) is 0.429. The Labute approximate surface area is 141 Å². The van der Waals surface area contributed by atoms with Crippen molar-refractivity contribution in [3.63, 3.8) is 0 Å². The van der Waals surface area contributed by atoms with Crippen LogP contribution in [0.3, 0.4) is 0 Å². The van der Waals surface area contributed by atoms with Crippen molar-refractivity contribution in [2.24, 2.45) is 17.3 Å². The van der Waals surface area contributed by atoms with Crippen LogP contribution in [-0.4, -0.2) is 47.6 Å². The minimum atomic E-state index is -0.688. The molecular weight excluding hydrogens is 312 g/mol. The molecule has 0 amide bonds. The van der Waals surface area contributed by atoms with Gasteiger partial charge in [0.15, 0.2) is 0 Å². The van der Waals surface area contributed by atoms with Gasteiger partial charge in [-0.05, 0) is 17.4 Å². The van der Waals surface area contributed by atoms with Crippen LogP contribution in [0.2, 0.25) is 0 Å². The number of carbonyl (C=O) groups is 2. The van der Waals surface area contributed by atoms with Gasteiger partial charge in [-0.1, -0.05) is 26.2 Å². The number of carbonyl (C=O) groups excluding carboxylic acids is 2. The molecule has 0 spiro atoms. The maximum atomic E-state index is 12.0. The molecule has 1 aliphatic heterocycles. The summed E-state index contributed by atoms with van der Waals surface area (Å²) in [6.45, 7) is 12.4. The van der Waals surface area contributed by atoms with Crippen molar-refractivity contribution in [3.05, 3.63) is 37.0 Å². The zero-order valence-electron chi connectivity index (χ0n) is 13.9. The summed E-state index contributed by atoms with van der Waals surface area (Å²) in [5, 5.41) is 18.5. The third-order valence-corrected chi connectivity index (χ3v) is 5.10. The van der Waals surface area contributed by atoms with Crippen molar-refractivity contribution < 1.29 is 29.3 Å². The molecule has 0 radical (unpaired) electrons. The summed E-state index contributed by atoms with van der Waals surface area (Å²) in [5.74, 6) is -1.68. The molecule has 5 atom stereocenters. The van der Waals surface area contributed by atoms with E-state index in [9.17, 15) is 14.7 Å². The van der Waals surface area contributed by atoms with Crippen LogP contribution in [0.25, 0.3) is 0 Å². The Bertz CT molecular complexity index is 580. The predicted octanol–water partition coefficient (Wildman–Crippen LogP) is 1.14. The molecule has 132 valence electrons. The van der Waals surface area contributed by atoms with Crippen LogP contribution in [0.1, 0.15) is 19.8 Å². The van der Waals surface area contributed by atoms with E-state index >= 15 is 0 Å². The standard InChI is InChI=1S/C18H24O6/c1-5-18(4)7-13(23-17(22)11(3)9-20)12-6-14(21)24-16(12)15(18)10(2)8-19/h5,12-13,15-16,19-20H,1-3,6-9H2,4H3/t12-,13+,15-,16+,18-/m1/s1. The molecule has 0 aromatic heterocycles. The van der Waals surface area contributed by atoms with Gasteiger partial charge in [0.2, 0.25) is 0 Å². The lowest BCUT2D eigenvalue weighted by Gasteiger charge is -2.48. The Kier molecular flexibility index (Phi) is 5.30. The van der Waals surface area contributed by atoms with Crippen LogP contribution in [0.15, 0.2) is 37.0 Å². The maximum absolute atomic E-state index is 12.0. The van der Waals surface area contributed by atoms with E-state index in [0.717, 1.165) is 0 Å². The van der Waals surface area contributed by atoms with E-state index in [4.69, 9.17) is 14.6 Å². The minimum absolute atomic E-state index is 0.0426. The Balaban J connectivity index is 2.34. The van der Waals surface area contributed by atoms with E-state index in [1.165, 1.54) is 0 Å². The summed E-state index contributed by atoms with van der Waals surface area (Å²) < 4.78 is 11.0. The third-order valence-electron chi connectivity index (χ3n) is 5.10. The second-order valence-electron chi connectivity index (χ2n) is 6.74. The first-order chi connectivity index (χ1) is 11.3. The van der Waals surface area contributed by atoms with Crippen LogP contribution in [0.5, 0.6) is 0 Å². The van der Waals surface area contributed by atoms with Gasteiger partial charge in [-0.3, -0.25) is 4.79 Å². The summed E-state index contributed by atoms with van der Waals surface area (Å²) in [6.07, 6.45) is 1.18. The van der Waals surface area contributed by atoms with Crippen LogP contribution >= 0.6 is 0 Å². The summed E-state index contributed by atoms with van der Waals surface area (Å²) in [7, 11) is 0. The fourth-order valence-electron chi connectivity index (χ4n) is 3.76. The van der Waals surface area contributed by atoms with Gasteiger partial charge >= 0.3 is 11.9 Å². The highest BCUT2D eigenvalue weighted by atomic mass is 16.6. The molecule has 1 saturated heterocycles. The Hall–Kier alpha value is -1.92. The van der Waals surface area contributed by atoms with E-state index in [1.807, 2.05) is 6.92 Å². The van der Waals surface area contributed by atoms with Crippen molar-refractivity contribution in [2.45, 2.75) is 32.0 Å². The second kappa shape index (κ2) is 6.91. The molecule has 2 N–H and O–H groups in total. The van der Waals surface area contributed by atoms with E-state index in [0.29, 0.717) is 12.0 Å². The molecule has 1 saturated carbocycles. The number of hydrogen-bond acceptors (Lipinski definition) is 6. The Morgan fingerprint density at radius 2 is 2.08 bits per heavy atom. The molecule has 0 aromatic carbocycles. The lowest BCUT2D eigenvalue weighted by Crippen LogP contribution is -2.51. The average molecular weight is 336 g/mol. The van der Waals surface area contributed by atoms with Gasteiger partial charge in [0.1, 0.15) is 12.2 Å². The van der Waals surface area contributed by atoms with Crippen molar-refractivity contribution in [3.8, 4) is 0 Å². The molecule has 2 aliphatic rings. The number of ether oxygens (including phenoxy) is 2. The first-order valence-corrected chi connectivity index (χ1v) is 7.88. The number of esters is 2. The number of rotatable bonds is 6. The Morgan fingerprint density at radius 1 is 1.42 bits per heavy atom. The zero-order chi connectivity index (χ0) is 18.1. The molecule has 0 unspecified atom stereocenters. The van der Waals surface area contributed by atoms with Crippen molar-refractivity contribution in [2.75, 3.05) is 13.2 Å². The molecular formula is C18H24O6. The molecule has 0 bridgehead atoms. The first kappa shape index (κ1) is 18.4. The fourth-order valence-corrected chi connectivity index (χ4v) is 3.76. The maximum Gasteiger partial charge on any atom is 0.336 e. The Morgan fingerprint density at radius 3 is 2.62 bits per heavy atom. The molecule has 1 aliphatic carbocycles. The lowest BCUT2D eigenvalue weighted by atomic mass is 9.59. The summed E-state index contributed by atoms with van der Waals surface area (Å²) >= 11 is 0. The molecule has 2 rings (SSSR count). The minimum Gasteiger partial charge on any atom is -0.461 e. The number of allylic oxidation sites excluding steroid dienone is 1. The van der Waals surface area contributed by atoms with Gasteiger partial charge in [-0.25, -0.2) is 4.79 Å². The number of hydrogen-bond donors (Lipinski definition) is 2. The summed E-state index contributed by atoms with van der Waals surface area (Å²) in [6, 6.07) is 0. The largest absolute Gasteiger partial charge is 0.461 e. The highest BCUT2D eigenvalue weighted by Crippen LogP contribution is 2.52. The zero-order valence-corrected chi connectivity index (χ0v) is 13.9. The highest BCUT2D eigenvalue weighted by Gasteiger charge is 2.56. The van der Waals surface area contributed by atoms with Crippen LogP contribution < -0.4 is 0 Å². The van der Waals surface area contributed by atoms with Gasteiger partial charge in [0.05, 0.1) is 25.2 Å². The second-order valence-corrected chi connectivity index (χ2v) is 6.74. The van der Waals surface area contributed by atoms with E-state index in [2.05, 4.69) is 19.7 Å². The van der Waals surface area contributed by atoms with Gasteiger partial charge in [0.25, 0.3) is 0 Å². The number of aliphatic hydroxyl groups is 2. The van der Waals surface area contributed by atoms with E-state index in [1.54, 1.807) is 6.08 Å². The monoisotopic (exact) mass is 336 g/mol. The summed E-state index contributed by atoms with van der Waals surface area (Å²) in [5.41, 5.74) is -0.0393. The molecule has 24 heavy (non-hydrogen) atoms. The van der Waals surface area contributed by atoms with Gasteiger partial charge in [0, 0.05) is 11.8 Å². The van der Waals surface area contributed by atoms with Gasteiger partial charge < -0.3 is 19.7 Å². The third kappa shape index (κ3) is 3.16. The lowest BCUT2D eigenvalue weighted by molar-refractivity contribution is -0.159. The normalized spacial score (nSPS) is 34.9. The van der Waals surface area contributed by atoms with Gasteiger partial charge in [-0.15, -0.1) is 6.58 Å². The SMILES string of the molecule is C=C[C@]1(C)C[C@H](OC(=O)C(=C)CO)[C@H]2CC(=O)O[C@@H]2[C@H]1C(=C)CO. The van der Waals surface area contributed by atoms with Crippen molar-refractivity contribution >= 4 is 11.9 Å². The van der Waals surface area contributed by atoms with E-state index in [-0.39, 0.29) is 36.4 Å². The number of aliphatic hydroxyl groups excluding tert-OH is 2. The van der Waals surface area contributed by atoms with Crippen LogP contribution in [-0.2, 0) is 19.1 Å². The average Bonchev–Trinajstić information content (AvgIpc) is 2.94. The molecule has 1 heterocycles. The predicted molar refractivity (Wildman–Crippen MR) is 86.7 cm³/mol. The molecule has 6 heteroatoms. The van der Waals surface area contributed by atoms with Crippen LogP contribution in [0.4, 0.5) is 0 Å². The molecule has 2 fully saturated rings.